The van der Waals surface area contributed by atoms with Crippen LogP contribution in [0.2, 0.25) is 0 Å². The second-order valence-corrected chi connectivity index (χ2v) is 5.71. The Morgan fingerprint density at radius 2 is 1.82 bits per heavy atom. The van der Waals surface area contributed by atoms with Gasteiger partial charge in [0.15, 0.2) is 0 Å². The number of carbonyl (C=O) groups is 2. The Morgan fingerprint density at radius 3 is 2.50 bits per heavy atom. The Kier molecular flexibility index (Phi) is 4.58. The van der Waals surface area contributed by atoms with E-state index < -0.39 is 0 Å². The molecule has 6 heteroatoms. The van der Waals surface area contributed by atoms with E-state index in [4.69, 9.17) is 0 Å². The van der Waals surface area contributed by atoms with Gasteiger partial charge >= 0.3 is 0 Å². The summed E-state index contributed by atoms with van der Waals surface area (Å²) in [6, 6.07) is 9.86. The average molecular weight is 302 g/mol. The normalized spacial score (nSPS) is 22.4. The van der Waals surface area contributed by atoms with E-state index in [2.05, 4.69) is 27.7 Å². The molecule has 1 aromatic rings. The van der Waals surface area contributed by atoms with E-state index in [1.165, 1.54) is 5.69 Å². The van der Waals surface area contributed by atoms with E-state index in [9.17, 15) is 9.59 Å². The number of hydrogen-bond acceptors (Lipinski definition) is 4. The lowest BCUT2D eigenvalue weighted by Gasteiger charge is -2.37. The van der Waals surface area contributed by atoms with Crippen LogP contribution in [-0.2, 0) is 9.59 Å². The summed E-state index contributed by atoms with van der Waals surface area (Å²) < 4.78 is 0. The predicted octanol–water partition coefficient (Wildman–Crippen LogP) is -0.187. The Hall–Kier alpha value is -2.08. The third-order valence-corrected chi connectivity index (χ3v) is 4.26. The first kappa shape index (κ1) is 14.8. The standard InChI is InChI=1S/C16H22N4O2/c21-15(12-14-16(22)18-7-6-17-14)20-10-8-19(9-11-20)13-4-2-1-3-5-13/h1-5,14,17H,6-12H2,(H,18,22)/t14-/m0/s1. The largest absolute Gasteiger partial charge is 0.368 e. The second-order valence-electron chi connectivity index (χ2n) is 5.71. The van der Waals surface area contributed by atoms with Crippen molar-refractivity contribution in [2.45, 2.75) is 12.5 Å². The lowest BCUT2D eigenvalue weighted by Crippen LogP contribution is -2.56. The van der Waals surface area contributed by atoms with Gasteiger partial charge in [-0.2, -0.15) is 0 Å². The molecule has 2 saturated heterocycles. The molecule has 2 heterocycles. The first-order valence-corrected chi connectivity index (χ1v) is 7.83. The number of nitrogens with one attached hydrogen (secondary N) is 2. The zero-order valence-corrected chi connectivity index (χ0v) is 12.6. The third-order valence-electron chi connectivity index (χ3n) is 4.26. The minimum atomic E-state index is -0.381. The number of carbonyl (C=O) groups excluding carboxylic acids is 2. The maximum atomic E-state index is 12.3. The Morgan fingerprint density at radius 1 is 1.09 bits per heavy atom. The van der Waals surface area contributed by atoms with Crippen molar-refractivity contribution in [2.75, 3.05) is 44.2 Å². The number of benzene rings is 1. The smallest absolute Gasteiger partial charge is 0.237 e. The van der Waals surface area contributed by atoms with Gasteiger partial charge in [-0.3, -0.25) is 9.59 Å². The molecule has 3 rings (SSSR count). The molecule has 2 aliphatic rings. The van der Waals surface area contributed by atoms with Gasteiger partial charge in [-0.15, -0.1) is 0 Å². The van der Waals surface area contributed by atoms with Gasteiger partial charge in [0.25, 0.3) is 0 Å². The molecule has 0 aliphatic carbocycles. The summed E-state index contributed by atoms with van der Waals surface area (Å²) in [5.41, 5.74) is 1.20. The molecule has 22 heavy (non-hydrogen) atoms. The van der Waals surface area contributed by atoms with Crippen molar-refractivity contribution in [3.05, 3.63) is 30.3 Å². The lowest BCUT2D eigenvalue weighted by molar-refractivity contribution is -0.135. The van der Waals surface area contributed by atoms with Crippen molar-refractivity contribution in [2.24, 2.45) is 0 Å². The van der Waals surface area contributed by atoms with Crippen molar-refractivity contribution in [3.63, 3.8) is 0 Å². The average Bonchev–Trinajstić information content (AvgIpc) is 2.58. The minimum Gasteiger partial charge on any atom is -0.368 e. The van der Waals surface area contributed by atoms with E-state index in [1.54, 1.807) is 0 Å². The van der Waals surface area contributed by atoms with Crippen molar-refractivity contribution >= 4 is 17.5 Å². The first-order chi connectivity index (χ1) is 10.7. The van der Waals surface area contributed by atoms with E-state index >= 15 is 0 Å². The van der Waals surface area contributed by atoms with Crippen LogP contribution >= 0.6 is 0 Å². The SMILES string of the molecule is O=C1NCCN[C@H]1CC(=O)N1CCN(c2ccccc2)CC1. The number of nitrogens with zero attached hydrogens (tertiary/aromatic N) is 2. The van der Waals surface area contributed by atoms with Crippen LogP contribution in [0, 0.1) is 0 Å². The fourth-order valence-electron chi connectivity index (χ4n) is 2.97. The van der Waals surface area contributed by atoms with E-state index in [0.29, 0.717) is 19.6 Å². The molecular weight excluding hydrogens is 280 g/mol. The van der Waals surface area contributed by atoms with Crippen LogP contribution in [0.3, 0.4) is 0 Å². The number of rotatable bonds is 3. The molecule has 2 fully saturated rings. The molecule has 6 nitrogen and oxygen atoms in total. The van der Waals surface area contributed by atoms with Crippen LogP contribution < -0.4 is 15.5 Å². The molecular formula is C16H22N4O2. The van der Waals surface area contributed by atoms with Crippen LogP contribution in [0.4, 0.5) is 5.69 Å². The molecule has 0 spiro atoms. The minimum absolute atomic E-state index is 0.0576. The summed E-state index contributed by atoms with van der Waals surface area (Å²) in [5.74, 6) is -0.00946. The molecule has 0 unspecified atom stereocenters. The molecule has 2 N–H and O–H groups in total. The second kappa shape index (κ2) is 6.79. The van der Waals surface area contributed by atoms with Crippen molar-refractivity contribution in [1.82, 2.24) is 15.5 Å². The highest BCUT2D eigenvalue weighted by Gasteiger charge is 2.28. The molecule has 0 radical (unpaired) electrons. The van der Waals surface area contributed by atoms with Gasteiger partial charge in [-0.05, 0) is 12.1 Å². The highest BCUT2D eigenvalue weighted by Crippen LogP contribution is 2.16. The molecule has 0 bridgehead atoms. The van der Waals surface area contributed by atoms with Crippen LogP contribution in [0.25, 0.3) is 0 Å². The number of amides is 2. The van der Waals surface area contributed by atoms with Gasteiger partial charge in [0, 0.05) is 45.0 Å². The molecule has 0 saturated carbocycles. The molecule has 2 aliphatic heterocycles. The highest BCUT2D eigenvalue weighted by atomic mass is 16.2. The van der Waals surface area contributed by atoms with Crippen molar-refractivity contribution < 1.29 is 9.59 Å². The molecule has 1 atom stereocenters. The van der Waals surface area contributed by atoms with Gasteiger partial charge in [0.05, 0.1) is 12.5 Å². The van der Waals surface area contributed by atoms with Gasteiger partial charge < -0.3 is 20.4 Å². The summed E-state index contributed by atoms with van der Waals surface area (Å²) in [7, 11) is 0. The fraction of sp³-hybridized carbons (Fsp3) is 0.500. The van der Waals surface area contributed by atoms with Crippen molar-refractivity contribution in [3.8, 4) is 0 Å². The molecule has 2 amide bonds. The van der Waals surface area contributed by atoms with Crippen LogP contribution in [0.1, 0.15) is 6.42 Å². The Balaban J connectivity index is 1.50. The summed E-state index contributed by atoms with van der Waals surface area (Å²) >= 11 is 0. The van der Waals surface area contributed by atoms with Gasteiger partial charge in [-0.1, -0.05) is 18.2 Å². The first-order valence-electron chi connectivity index (χ1n) is 7.83. The van der Waals surface area contributed by atoms with E-state index in [1.807, 2.05) is 23.1 Å². The monoisotopic (exact) mass is 302 g/mol. The third kappa shape index (κ3) is 3.39. The summed E-state index contributed by atoms with van der Waals surface area (Å²) in [6.07, 6.45) is 0.247. The predicted molar refractivity (Wildman–Crippen MR) is 84.7 cm³/mol. The topological polar surface area (TPSA) is 64.7 Å². The van der Waals surface area contributed by atoms with Crippen LogP contribution in [-0.4, -0.2) is 62.0 Å². The maximum Gasteiger partial charge on any atom is 0.237 e. The van der Waals surface area contributed by atoms with E-state index in [-0.39, 0.29) is 24.3 Å². The number of para-hydroxylation sites is 1. The Labute approximate surface area is 130 Å². The Bertz CT molecular complexity index is 526. The zero-order valence-electron chi connectivity index (χ0n) is 12.6. The summed E-state index contributed by atoms with van der Waals surface area (Å²) in [6.45, 7) is 4.45. The highest BCUT2D eigenvalue weighted by molar-refractivity contribution is 5.88. The molecule has 118 valence electrons. The quantitative estimate of drug-likeness (QED) is 0.812. The van der Waals surface area contributed by atoms with Gasteiger partial charge in [0.1, 0.15) is 0 Å². The van der Waals surface area contributed by atoms with Crippen molar-refractivity contribution in [1.29, 1.82) is 0 Å². The molecule has 0 aromatic heterocycles. The van der Waals surface area contributed by atoms with E-state index in [0.717, 1.165) is 19.6 Å². The number of anilines is 1. The fourth-order valence-corrected chi connectivity index (χ4v) is 2.97. The maximum absolute atomic E-state index is 12.3. The summed E-state index contributed by atoms with van der Waals surface area (Å²) in [4.78, 5) is 28.2. The molecule has 1 aromatic carbocycles. The van der Waals surface area contributed by atoms with Crippen LogP contribution in [0.5, 0.6) is 0 Å². The number of hydrogen-bond donors (Lipinski definition) is 2. The lowest BCUT2D eigenvalue weighted by atomic mass is 10.1. The van der Waals surface area contributed by atoms with Crippen LogP contribution in [0.15, 0.2) is 30.3 Å². The van der Waals surface area contributed by atoms with Gasteiger partial charge in [-0.25, -0.2) is 0 Å². The number of piperazine rings is 2. The summed E-state index contributed by atoms with van der Waals surface area (Å²) in [5, 5.41) is 5.89. The van der Waals surface area contributed by atoms with Gasteiger partial charge in [0.2, 0.25) is 11.8 Å². The zero-order chi connectivity index (χ0) is 15.4.